The Hall–Kier alpha value is -3.16. The highest BCUT2D eigenvalue weighted by Crippen LogP contribution is 2.40. The fraction of sp³-hybridized carbons (Fsp3) is 0.280. The minimum atomic E-state index is -0.392. The van der Waals surface area contributed by atoms with Gasteiger partial charge in [0.25, 0.3) is 5.91 Å². The van der Waals surface area contributed by atoms with Gasteiger partial charge in [0.2, 0.25) is 0 Å². The zero-order valence-corrected chi connectivity index (χ0v) is 18.9. The molecule has 6 nitrogen and oxygen atoms in total. The first-order chi connectivity index (χ1) is 15.5. The Morgan fingerprint density at radius 1 is 1.12 bits per heavy atom. The van der Waals surface area contributed by atoms with E-state index in [0.717, 1.165) is 47.7 Å². The molecule has 0 saturated carbocycles. The molecule has 5 rings (SSSR count). The first-order valence-electron chi connectivity index (χ1n) is 10.8. The largest absolute Gasteiger partial charge is 0.423 e. The fourth-order valence-electron chi connectivity index (χ4n) is 4.19. The maximum atomic E-state index is 12.9. The lowest BCUT2D eigenvalue weighted by molar-refractivity contribution is 0.0734. The zero-order valence-electron chi connectivity index (χ0n) is 18.1. The van der Waals surface area contributed by atoms with Crippen LogP contribution in [0.2, 0.25) is 0 Å². The summed E-state index contributed by atoms with van der Waals surface area (Å²) in [5.41, 5.74) is 4.50. The van der Waals surface area contributed by atoms with Gasteiger partial charge in [0.15, 0.2) is 0 Å². The van der Waals surface area contributed by atoms with Crippen LogP contribution in [0.15, 0.2) is 48.5 Å². The van der Waals surface area contributed by atoms with Crippen LogP contribution in [0.1, 0.15) is 55.4 Å². The number of ether oxygens (including phenoxy) is 1. The highest BCUT2D eigenvalue weighted by Gasteiger charge is 2.33. The molecular weight excluding hydrogens is 422 g/mol. The summed E-state index contributed by atoms with van der Waals surface area (Å²) in [5, 5.41) is 7.50. The molecule has 0 bridgehead atoms. The highest BCUT2D eigenvalue weighted by atomic mass is 32.1. The zero-order chi connectivity index (χ0) is 22.2. The third kappa shape index (κ3) is 3.89. The van der Waals surface area contributed by atoms with Crippen molar-refractivity contribution in [1.29, 1.82) is 0 Å². The summed E-state index contributed by atoms with van der Waals surface area (Å²) in [7, 11) is 0. The molecule has 7 heteroatoms. The smallest absolute Gasteiger partial charge is 0.343 e. The minimum absolute atomic E-state index is 0.0268. The maximum Gasteiger partial charge on any atom is 0.343 e. The van der Waals surface area contributed by atoms with Crippen LogP contribution in [0.5, 0.6) is 5.75 Å². The number of thiophene rings is 1. The molecule has 0 fully saturated rings. The van der Waals surface area contributed by atoms with Gasteiger partial charge in [-0.1, -0.05) is 36.8 Å². The normalized spacial score (nSPS) is 17.7. The van der Waals surface area contributed by atoms with Crippen LogP contribution >= 0.6 is 11.3 Å². The molecule has 2 N–H and O–H groups in total. The van der Waals surface area contributed by atoms with Crippen LogP contribution in [0.3, 0.4) is 0 Å². The van der Waals surface area contributed by atoms with E-state index in [1.807, 2.05) is 31.2 Å². The number of aryl methyl sites for hydroxylation is 1. The summed E-state index contributed by atoms with van der Waals surface area (Å²) in [5.74, 6) is 0.0474. The van der Waals surface area contributed by atoms with Gasteiger partial charge in [-0.2, -0.15) is 0 Å². The quantitative estimate of drug-likeness (QED) is 0.455. The molecule has 0 aliphatic carbocycles. The molecular formula is C25H25N3O3S. The summed E-state index contributed by atoms with van der Waals surface area (Å²) in [6.45, 7) is 7.06. The number of hydrogen-bond acceptors (Lipinski definition) is 6. The second-order valence-corrected chi connectivity index (χ2v) is 9.31. The Morgan fingerprint density at radius 2 is 1.88 bits per heavy atom. The van der Waals surface area contributed by atoms with Gasteiger partial charge in [-0.3, -0.25) is 9.69 Å². The van der Waals surface area contributed by atoms with E-state index in [4.69, 9.17) is 4.74 Å². The summed E-state index contributed by atoms with van der Waals surface area (Å²) in [4.78, 5) is 28.9. The molecule has 0 radical (unpaired) electrons. The molecule has 0 unspecified atom stereocenters. The number of nitrogens with zero attached hydrogens (tertiary/aromatic N) is 1. The van der Waals surface area contributed by atoms with Crippen molar-refractivity contribution in [2.24, 2.45) is 0 Å². The van der Waals surface area contributed by atoms with Crippen molar-refractivity contribution in [2.75, 3.05) is 18.4 Å². The van der Waals surface area contributed by atoms with Crippen LogP contribution < -0.4 is 15.4 Å². The lowest BCUT2D eigenvalue weighted by Gasteiger charge is -2.28. The topological polar surface area (TPSA) is 70.7 Å². The third-order valence-corrected chi connectivity index (χ3v) is 7.22. The van der Waals surface area contributed by atoms with E-state index in [-0.39, 0.29) is 12.1 Å². The van der Waals surface area contributed by atoms with Gasteiger partial charge in [-0.05, 0) is 55.3 Å². The number of carbonyl (C=O) groups is 2. The van der Waals surface area contributed by atoms with E-state index < -0.39 is 5.97 Å². The van der Waals surface area contributed by atoms with Crippen LogP contribution in [-0.4, -0.2) is 29.9 Å². The summed E-state index contributed by atoms with van der Waals surface area (Å²) in [6, 6.07) is 14.5. The molecule has 2 aliphatic heterocycles. The van der Waals surface area contributed by atoms with Crippen LogP contribution in [0, 0.1) is 6.92 Å². The van der Waals surface area contributed by atoms with Gasteiger partial charge >= 0.3 is 5.97 Å². The minimum Gasteiger partial charge on any atom is -0.423 e. The van der Waals surface area contributed by atoms with Crippen molar-refractivity contribution < 1.29 is 14.3 Å². The van der Waals surface area contributed by atoms with Gasteiger partial charge in [0.05, 0.1) is 11.1 Å². The maximum absolute atomic E-state index is 12.9. The number of nitrogens with one attached hydrogen (secondary N) is 2. The Labute approximate surface area is 191 Å². The predicted molar refractivity (Wildman–Crippen MR) is 125 cm³/mol. The predicted octanol–water partition coefficient (Wildman–Crippen LogP) is 4.51. The molecule has 1 aromatic heterocycles. The van der Waals surface area contributed by atoms with E-state index in [1.54, 1.807) is 35.6 Å². The van der Waals surface area contributed by atoms with Crippen molar-refractivity contribution >= 4 is 28.2 Å². The first kappa shape index (κ1) is 20.7. The van der Waals surface area contributed by atoms with Gasteiger partial charge in [-0.15, -0.1) is 11.3 Å². The molecule has 1 amide bonds. The van der Waals surface area contributed by atoms with Crippen molar-refractivity contribution in [3.63, 3.8) is 0 Å². The Kier molecular flexibility index (Phi) is 5.45. The second kappa shape index (κ2) is 8.41. The fourth-order valence-corrected chi connectivity index (χ4v) is 5.50. The number of hydrogen-bond donors (Lipinski definition) is 2. The number of fused-ring (bicyclic) bond motifs is 3. The molecule has 0 saturated heterocycles. The van der Waals surface area contributed by atoms with Crippen LogP contribution in [0.4, 0.5) is 5.00 Å². The summed E-state index contributed by atoms with van der Waals surface area (Å²) >= 11 is 1.69. The van der Waals surface area contributed by atoms with Crippen molar-refractivity contribution in [1.82, 2.24) is 10.2 Å². The third-order valence-electron chi connectivity index (χ3n) is 6.07. The molecule has 32 heavy (non-hydrogen) atoms. The van der Waals surface area contributed by atoms with Gasteiger partial charge < -0.3 is 15.4 Å². The monoisotopic (exact) mass is 447 g/mol. The van der Waals surface area contributed by atoms with E-state index >= 15 is 0 Å². The van der Waals surface area contributed by atoms with Gasteiger partial charge in [0.1, 0.15) is 16.9 Å². The second-order valence-electron chi connectivity index (χ2n) is 8.20. The Balaban J connectivity index is 1.30. The molecule has 2 aliphatic rings. The number of esters is 1. The standard InChI is InChI=1S/C25H25N3O3S/c1-3-28-13-12-19-20(14-28)32-24-21(19)23(29)26-22(27-24)16-8-10-18(11-9-16)31-25(30)17-6-4-15(2)5-7-17/h4-11,22,27H,3,12-14H2,1-2H3,(H,26,29)/t22-/m0/s1. The summed E-state index contributed by atoms with van der Waals surface area (Å²) < 4.78 is 5.49. The summed E-state index contributed by atoms with van der Waals surface area (Å²) in [6.07, 6.45) is 0.592. The molecule has 3 aromatic rings. The van der Waals surface area contributed by atoms with E-state index in [2.05, 4.69) is 22.5 Å². The van der Waals surface area contributed by atoms with E-state index in [1.165, 1.54) is 10.4 Å². The number of likely N-dealkylation sites (N-methyl/N-ethyl adjacent to an activating group) is 1. The average Bonchev–Trinajstić information content (AvgIpc) is 3.18. The molecule has 1 atom stereocenters. The Morgan fingerprint density at radius 3 is 2.59 bits per heavy atom. The highest BCUT2D eigenvalue weighted by molar-refractivity contribution is 7.16. The Bertz CT molecular complexity index is 1170. The average molecular weight is 448 g/mol. The van der Waals surface area contributed by atoms with Crippen LogP contribution in [0.25, 0.3) is 0 Å². The van der Waals surface area contributed by atoms with Crippen LogP contribution in [-0.2, 0) is 13.0 Å². The van der Waals surface area contributed by atoms with Crippen molar-refractivity contribution in [3.05, 3.63) is 81.2 Å². The number of benzene rings is 2. The van der Waals surface area contributed by atoms with E-state index in [0.29, 0.717) is 11.3 Å². The lowest BCUT2D eigenvalue weighted by Crippen LogP contribution is -2.38. The number of carbonyl (C=O) groups excluding carboxylic acids is 2. The van der Waals surface area contributed by atoms with Gasteiger partial charge in [-0.25, -0.2) is 4.79 Å². The van der Waals surface area contributed by atoms with Crippen molar-refractivity contribution in [3.8, 4) is 5.75 Å². The molecule has 0 spiro atoms. The van der Waals surface area contributed by atoms with E-state index in [9.17, 15) is 9.59 Å². The molecule has 3 heterocycles. The van der Waals surface area contributed by atoms with Gasteiger partial charge in [0, 0.05) is 18.0 Å². The number of amides is 1. The molecule has 164 valence electrons. The number of anilines is 1. The number of rotatable bonds is 4. The van der Waals surface area contributed by atoms with Crippen molar-refractivity contribution in [2.45, 2.75) is 33.0 Å². The molecule has 2 aromatic carbocycles. The lowest BCUT2D eigenvalue weighted by atomic mass is 10.0. The first-order valence-corrected chi connectivity index (χ1v) is 11.7. The SMILES string of the molecule is CCN1CCc2c(sc3c2C(=O)N[C@H](c2ccc(OC(=O)c4ccc(C)cc4)cc2)N3)C1.